The van der Waals surface area contributed by atoms with Gasteiger partial charge in [-0.15, -0.1) is 0 Å². The number of carbonyl (C=O) groups is 1. The molecule has 2 aromatic rings. The van der Waals surface area contributed by atoms with E-state index in [2.05, 4.69) is 4.72 Å². The fourth-order valence-electron chi connectivity index (χ4n) is 1.82. The lowest BCUT2D eigenvalue weighted by Crippen LogP contribution is -2.39. The van der Waals surface area contributed by atoms with Crippen LogP contribution >= 0.6 is 23.2 Å². The van der Waals surface area contributed by atoms with Crippen LogP contribution in [-0.4, -0.2) is 20.4 Å². The summed E-state index contributed by atoms with van der Waals surface area (Å²) in [5.41, 5.74) is 0.750. The summed E-state index contributed by atoms with van der Waals surface area (Å²) in [5.74, 6) is -0.678. The van der Waals surface area contributed by atoms with Crippen LogP contribution in [0.5, 0.6) is 0 Å². The molecule has 0 spiro atoms. The number of ether oxygens (including phenoxy) is 1. The molecule has 0 aliphatic carbocycles. The van der Waals surface area contributed by atoms with Crippen molar-refractivity contribution in [1.82, 2.24) is 4.72 Å². The highest BCUT2D eigenvalue weighted by molar-refractivity contribution is 7.89. The Hall–Kier alpha value is -1.60. The zero-order chi connectivity index (χ0) is 17.7. The molecule has 5 nitrogen and oxygen atoms in total. The van der Waals surface area contributed by atoms with Crippen LogP contribution in [0.15, 0.2) is 53.4 Å². The van der Waals surface area contributed by atoms with Gasteiger partial charge in [0.05, 0.1) is 4.90 Å². The van der Waals surface area contributed by atoms with E-state index in [1.54, 1.807) is 24.3 Å². The molecule has 0 aliphatic heterocycles. The Balaban J connectivity index is 1.95. The molecule has 0 radical (unpaired) electrons. The third-order valence-corrected chi connectivity index (χ3v) is 5.16. The summed E-state index contributed by atoms with van der Waals surface area (Å²) in [6.45, 7) is 1.45. The van der Waals surface area contributed by atoms with E-state index < -0.39 is 22.0 Å². The van der Waals surface area contributed by atoms with E-state index in [-0.39, 0.29) is 11.5 Å². The fraction of sp³-hybridized carbons (Fsp3) is 0.188. The molecule has 0 fully saturated rings. The minimum atomic E-state index is -3.84. The first-order valence-corrected chi connectivity index (χ1v) is 9.21. The Labute approximate surface area is 150 Å². The summed E-state index contributed by atoms with van der Waals surface area (Å²) in [5, 5.41) is 0.999. The zero-order valence-corrected chi connectivity index (χ0v) is 15.0. The van der Waals surface area contributed by atoms with Crippen LogP contribution in [0.2, 0.25) is 10.0 Å². The molecule has 0 amide bonds. The largest absolute Gasteiger partial charge is 0.460 e. The van der Waals surface area contributed by atoms with Gasteiger partial charge in [0.25, 0.3) is 0 Å². The lowest BCUT2D eigenvalue weighted by Gasteiger charge is -2.14. The van der Waals surface area contributed by atoms with Gasteiger partial charge in [-0.2, -0.15) is 4.72 Å². The highest BCUT2D eigenvalue weighted by Gasteiger charge is 2.23. The van der Waals surface area contributed by atoms with Gasteiger partial charge in [-0.1, -0.05) is 35.3 Å². The number of hydrogen-bond donors (Lipinski definition) is 1. The first-order valence-electron chi connectivity index (χ1n) is 6.97. The third kappa shape index (κ3) is 5.21. The number of carbonyl (C=O) groups excluding carboxylic acids is 1. The summed E-state index contributed by atoms with van der Waals surface area (Å²) in [7, 11) is -3.84. The Morgan fingerprint density at radius 2 is 1.54 bits per heavy atom. The Kier molecular flexibility index (Phi) is 6.23. The van der Waals surface area contributed by atoms with Gasteiger partial charge < -0.3 is 4.74 Å². The van der Waals surface area contributed by atoms with Crippen LogP contribution in [0.1, 0.15) is 12.5 Å². The van der Waals surface area contributed by atoms with Crippen LogP contribution in [0, 0.1) is 0 Å². The second-order valence-corrected chi connectivity index (χ2v) is 7.62. The third-order valence-electron chi connectivity index (χ3n) is 3.10. The van der Waals surface area contributed by atoms with Crippen LogP contribution in [0.25, 0.3) is 0 Å². The van der Waals surface area contributed by atoms with Crippen molar-refractivity contribution >= 4 is 39.2 Å². The second kappa shape index (κ2) is 7.98. The van der Waals surface area contributed by atoms with Crippen molar-refractivity contribution in [2.75, 3.05) is 0 Å². The molecule has 8 heteroatoms. The number of nitrogens with one attached hydrogen (secondary N) is 1. The van der Waals surface area contributed by atoms with Crippen LogP contribution in [-0.2, 0) is 26.2 Å². The zero-order valence-electron chi connectivity index (χ0n) is 12.7. The summed E-state index contributed by atoms with van der Waals surface area (Å²) in [6.07, 6.45) is 0. The van der Waals surface area contributed by atoms with Crippen molar-refractivity contribution in [2.24, 2.45) is 0 Å². The summed E-state index contributed by atoms with van der Waals surface area (Å²) in [4.78, 5) is 12.0. The standard InChI is InChI=1S/C16H15Cl2NO4S/c1-11(16(20)23-10-12-2-4-13(17)5-3-12)19-24(21,22)15-8-6-14(18)7-9-15/h2-9,11,19H,10H2,1H3/t11-/m0/s1. The average Bonchev–Trinajstić information content (AvgIpc) is 2.54. The highest BCUT2D eigenvalue weighted by atomic mass is 35.5. The van der Waals surface area contributed by atoms with E-state index in [4.69, 9.17) is 27.9 Å². The van der Waals surface area contributed by atoms with E-state index in [1.807, 2.05) is 0 Å². The van der Waals surface area contributed by atoms with Gasteiger partial charge in [0.1, 0.15) is 12.6 Å². The fourth-order valence-corrected chi connectivity index (χ4v) is 3.27. The smallest absolute Gasteiger partial charge is 0.324 e. The first-order chi connectivity index (χ1) is 11.3. The summed E-state index contributed by atoms with van der Waals surface area (Å²) in [6, 6.07) is 11.4. The highest BCUT2D eigenvalue weighted by Crippen LogP contribution is 2.15. The number of benzene rings is 2. The number of halogens is 2. The van der Waals surface area contributed by atoms with Gasteiger partial charge in [-0.05, 0) is 48.9 Å². The second-order valence-electron chi connectivity index (χ2n) is 5.03. The predicted molar refractivity (Wildman–Crippen MR) is 92.5 cm³/mol. The van der Waals surface area contributed by atoms with Crippen molar-refractivity contribution < 1.29 is 17.9 Å². The molecule has 2 aromatic carbocycles. The molecule has 0 saturated heterocycles. The lowest BCUT2D eigenvalue weighted by atomic mass is 10.2. The van der Waals surface area contributed by atoms with Crippen molar-refractivity contribution in [3.8, 4) is 0 Å². The van der Waals surface area contributed by atoms with Gasteiger partial charge >= 0.3 is 5.97 Å². The molecular weight excluding hydrogens is 373 g/mol. The molecular formula is C16H15Cl2NO4S. The van der Waals surface area contributed by atoms with Gasteiger partial charge in [0, 0.05) is 10.0 Å². The topological polar surface area (TPSA) is 72.5 Å². The first kappa shape index (κ1) is 18.7. The number of sulfonamides is 1. The minimum absolute atomic E-state index is 0.0178. The minimum Gasteiger partial charge on any atom is -0.460 e. The molecule has 1 atom stereocenters. The molecule has 2 rings (SSSR count). The maximum absolute atomic E-state index is 12.2. The van der Waals surface area contributed by atoms with Crippen LogP contribution < -0.4 is 4.72 Å². The molecule has 0 unspecified atom stereocenters. The lowest BCUT2D eigenvalue weighted by molar-refractivity contribution is -0.146. The predicted octanol–water partition coefficient (Wildman–Crippen LogP) is 3.40. The monoisotopic (exact) mass is 387 g/mol. The molecule has 128 valence electrons. The molecule has 0 saturated carbocycles. The normalized spacial score (nSPS) is 12.6. The molecule has 0 aromatic heterocycles. The Morgan fingerprint density at radius 1 is 1.04 bits per heavy atom. The molecule has 1 N–H and O–H groups in total. The van der Waals surface area contributed by atoms with Gasteiger partial charge in [-0.25, -0.2) is 8.42 Å². The maximum atomic E-state index is 12.2. The molecule has 0 aliphatic rings. The van der Waals surface area contributed by atoms with Crippen LogP contribution in [0.4, 0.5) is 0 Å². The molecule has 0 bridgehead atoms. The van der Waals surface area contributed by atoms with Crippen molar-refractivity contribution in [2.45, 2.75) is 24.5 Å². The van der Waals surface area contributed by atoms with Crippen molar-refractivity contribution in [3.05, 3.63) is 64.1 Å². The summed E-state index contributed by atoms with van der Waals surface area (Å²) < 4.78 is 31.8. The summed E-state index contributed by atoms with van der Waals surface area (Å²) >= 11 is 11.5. The van der Waals surface area contributed by atoms with Crippen LogP contribution in [0.3, 0.4) is 0 Å². The number of rotatable bonds is 6. The molecule has 24 heavy (non-hydrogen) atoms. The SMILES string of the molecule is C[C@H](NS(=O)(=O)c1ccc(Cl)cc1)C(=O)OCc1ccc(Cl)cc1. The van der Waals surface area contributed by atoms with E-state index in [0.717, 1.165) is 5.56 Å². The van der Waals surface area contributed by atoms with E-state index in [0.29, 0.717) is 10.0 Å². The Morgan fingerprint density at radius 3 is 2.08 bits per heavy atom. The van der Waals surface area contributed by atoms with E-state index >= 15 is 0 Å². The Bertz CT molecular complexity index is 805. The van der Waals surface area contributed by atoms with Gasteiger partial charge in [0.2, 0.25) is 10.0 Å². The van der Waals surface area contributed by atoms with Crippen molar-refractivity contribution in [1.29, 1.82) is 0 Å². The van der Waals surface area contributed by atoms with E-state index in [1.165, 1.54) is 31.2 Å². The van der Waals surface area contributed by atoms with Gasteiger partial charge in [-0.3, -0.25) is 4.79 Å². The van der Waals surface area contributed by atoms with E-state index in [9.17, 15) is 13.2 Å². The van der Waals surface area contributed by atoms with Crippen molar-refractivity contribution in [3.63, 3.8) is 0 Å². The molecule has 0 heterocycles. The quantitative estimate of drug-likeness (QED) is 0.770. The maximum Gasteiger partial charge on any atom is 0.324 e. The average molecular weight is 388 g/mol. The number of esters is 1. The van der Waals surface area contributed by atoms with Gasteiger partial charge in [0.15, 0.2) is 0 Å². The number of hydrogen-bond acceptors (Lipinski definition) is 4.